The highest BCUT2D eigenvalue weighted by Gasteiger charge is 1.98. The van der Waals surface area contributed by atoms with Crippen LogP contribution in [-0.2, 0) is 6.67 Å². The molecule has 1 aromatic carbocycles. The van der Waals surface area contributed by atoms with E-state index in [1.165, 1.54) is 0 Å². The van der Waals surface area contributed by atoms with Gasteiger partial charge in [-0.3, -0.25) is 0 Å². The molecule has 1 heterocycles. The van der Waals surface area contributed by atoms with Gasteiger partial charge in [-0.1, -0.05) is 12.1 Å². The zero-order chi connectivity index (χ0) is 9.97. The van der Waals surface area contributed by atoms with Crippen LogP contribution in [0.5, 0.6) is 0 Å². The van der Waals surface area contributed by atoms with Crippen LogP contribution in [0.3, 0.4) is 0 Å². The number of aromatic nitrogens is 2. The van der Waals surface area contributed by atoms with Crippen molar-refractivity contribution in [3.8, 4) is 5.69 Å². The molecule has 0 aliphatic rings. The van der Waals surface area contributed by atoms with Crippen LogP contribution in [0.25, 0.3) is 5.69 Å². The first-order chi connectivity index (χ1) is 6.79. The van der Waals surface area contributed by atoms with Gasteiger partial charge in [0.1, 0.15) is 18.8 Å². The second-order valence-corrected chi connectivity index (χ2v) is 3.01. The fourth-order valence-electron chi connectivity index (χ4n) is 1.28. The normalized spacial score (nSPS) is 10.4. The highest BCUT2D eigenvalue weighted by atomic mass is 19.1. The number of imidazole rings is 1. The lowest BCUT2D eigenvalue weighted by Crippen LogP contribution is -1.91. The Balaban J connectivity index is 2.41. The zero-order valence-electron chi connectivity index (χ0n) is 7.52. The molecule has 0 spiro atoms. The smallest absolute Gasteiger partial charge is 0.141 e. The lowest BCUT2D eigenvalue weighted by molar-refractivity contribution is 0.485. The number of halogens is 1. The molecule has 0 unspecified atom stereocenters. The largest absolute Gasteiger partial charge is 0.382 e. The molecule has 3 nitrogen and oxygen atoms in total. The third-order valence-electron chi connectivity index (χ3n) is 1.97. The standard InChI is InChI=1S/C10H10FN3/c11-5-8-2-1-3-9(4-8)14-6-10(12)13-7-14/h1-4,6-7H,5,12H2. The van der Waals surface area contributed by atoms with Gasteiger partial charge in [-0.2, -0.15) is 0 Å². The van der Waals surface area contributed by atoms with Gasteiger partial charge in [0, 0.05) is 5.69 Å². The Hall–Kier alpha value is -1.84. The third kappa shape index (κ3) is 1.59. The number of rotatable bonds is 2. The first kappa shape index (κ1) is 8.74. The van der Waals surface area contributed by atoms with E-state index in [-0.39, 0.29) is 0 Å². The molecule has 0 aliphatic carbocycles. The average Bonchev–Trinajstić information content (AvgIpc) is 2.65. The summed E-state index contributed by atoms with van der Waals surface area (Å²) in [6, 6.07) is 7.19. The van der Waals surface area contributed by atoms with Gasteiger partial charge in [0.2, 0.25) is 0 Å². The van der Waals surface area contributed by atoms with Crippen molar-refractivity contribution in [2.24, 2.45) is 0 Å². The molecule has 0 aliphatic heterocycles. The topological polar surface area (TPSA) is 43.8 Å². The third-order valence-corrected chi connectivity index (χ3v) is 1.97. The molecule has 0 saturated heterocycles. The molecule has 14 heavy (non-hydrogen) atoms. The van der Waals surface area contributed by atoms with E-state index in [4.69, 9.17) is 5.73 Å². The molecule has 0 amide bonds. The summed E-state index contributed by atoms with van der Waals surface area (Å²) < 4.78 is 14.1. The van der Waals surface area contributed by atoms with E-state index in [0.29, 0.717) is 11.4 Å². The number of hydrogen-bond acceptors (Lipinski definition) is 2. The first-order valence-electron chi connectivity index (χ1n) is 4.24. The summed E-state index contributed by atoms with van der Waals surface area (Å²) in [7, 11) is 0. The quantitative estimate of drug-likeness (QED) is 0.788. The number of nitrogens with zero attached hydrogens (tertiary/aromatic N) is 2. The Bertz CT molecular complexity index is 436. The van der Waals surface area contributed by atoms with E-state index in [9.17, 15) is 4.39 Å². The molecule has 2 rings (SSSR count). The fourth-order valence-corrected chi connectivity index (χ4v) is 1.28. The molecular formula is C10H10FN3. The molecule has 0 saturated carbocycles. The van der Waals surface area contributed by atoms with Crippen molar-refractivity contribution in [2.45, 2.75) is 6.67 Å². The Morgan fingerprint density at radius 1 is 1.43 bits per heavy atom. The summed E-state index contributed by atoms with van der Waals surface area (Å²) in [5, 5.41) is 0. The zero-order valence-corrected chi connectivity index (χ0v) is 7.52. The highest BCUT2D eigenvalue weighted by molar-refractivity contribution is 5.38. The number of nitrogen functional groups attached to an aromatic ring is 1. The van der Waals surface area contributed by atoms with Crippen LogP contribution in [-0.4, -0.2) is 9.55 Å². The maximum absolute atomic E-state index is 12.4. The summed E-state index contributed by atoms with van der Waals surface area (Å²) in [6.07, 6.45) is 3.30. The molecule has 1 aromatic heterocycles. The van der Waals surface area contributed by atoms with Crippen LogP contribution in [0, 0.1) is 0 Å². The van der Waals surface area contributed by atoms with Gasteiger partial charge in [0.05, 0.1) is 6.20 Å². The van der Waals surface area contributed by atoms with Crippen LogP contribution in [0.2, 0.25) is 0 Å². The minimum atomic E-state index is -0.460. The Kier molecular flexibility index (Phi) is 2.18. The average molecular weight is 191 g/mol. The minimum Gasteiger partial charge on any atom is -0.382 e. The maximum Gasteiger partial charge on any atom is 0.141 e. The summed E-state index contributed by atoms with van der Waals surface area (Å²) in [6.45, 7) is -0.460. The van der Waals surface area contributed by atoms with E-state index >= 15 is 0 Å². The van der Waals surface area contributed by atoms with Gasteiger partial charge in [-0.05, 0) is 17.7 Å². The molecule has 2 aromatic rings. The van der Waals surface area contributed by atoms with Gasteiger partial charge in [0.25, 0.3) is 0 Å². The molecule has 0 fully saturated rings. The van der Waals surface area contributed by atoms with Gasteiger partial charge in [-0.15, -0.1) is 0 Å². The SMILES string of the molecule is Nc1cn(-c2cccc(CF)c2)cn1. The summed E-state index contributed by atoms with van der Waals surface area (Å²) >= 11 is 0. The van der Waals surface area contributed by atoms with Crippen LogP contribution in [0.15, 0.2) is 36.8 Å². The monoisotopic (exact) mass is 191 g/mol. The van der Waals surface area contributed by atoms with Crippen molar-refractivity contribution in [1.82, 2.24) is 9.55 Å². The predicted molar refractivity (Wildman–Crippen MR) is 52.8 cm³/mol. The van der Waals surface area contributed by atoms with Crippen molar-refractivity contribution in [2.75, 3.05) is 5.73 Å². The van der Waals surface area contributed by atoms with Crippen molar-refractivity contribution >= 4 is 5.82 Å². The molecular weight excluding hydrogens is 181 g/mol. The van der Waals surface area contributed by atoms with Crippen molar-refractivity contribution in [1.29, 1.82) is 0 Å². The van der Waals surface area contributed by atoms with E-state index in [2.05, 4.69) is 4.98 Å². The number of nitrogens with two attached hydrogens (primary N) is 1. The Morgan fingerprint density at radius 2 is 2.29 bits per heavy atom. The van der Waals surface area contributed by atoms with Crippen LogP contribution in [0.4, 0.5) is 10.2 Å². The second kappa shape index (κ2) is 3.49. The predicted octanol–water partition coefficient (Wildman–Crippen LogP) is 1.92. The lowest BCUT2D eigenvalue weighted by atomic mass is 10.2. The lowest BCUT2D eigenvalue weighted by Gasteiger charge is -2.02. The van der Waals surface area contributed by atoms with Crippen molar-refractivity contribution < 1.29 is 4.39 Å². The van der Waals surface area contributed by atoms with Crippen LogP contribution < -0.4 is 5.73 Å². The van der Waals surface area contributed by atoms with Crippen LogP contribution in [0.1, 0.15) is 5.56 Å². The van der Waals surface area contributed by atoms with Gasteiger partial charge in [0.15, 0.2) is 0 Å². The Morgan fingerprint density at radius 3 is 2.93 bits per heavy atom. The van der Waals surface area contributed by atoms with Gasteiger partial charge in [-0.25, -0.2) is 9.37 Å². The first-order valence-corrected chi connectivity index (χ1v) is 4.24. The minimum absolute atomic E-state index is 0.454. The molecule has 2 N–H and O–H groups in total. The molecule has 72 valence electrons. The highest BCUT2D eigenvalue weighted by Crippen LogP contribution is 2.12. The van der Waals surface area contributed by atoms with Crippen molar-refractivity contribution in [3.05, 3.63) is 42.4 Å². The van der Waals surface area contributed by atoms with E-state index in [1.807, 2.05) is 6.07 Å². The van der Waals surface area contributed by atoms with Crippen molar-refractivity contribution in [3.63, 3.8) is 0 Å². The van der Waals surface area contributed by atoms with Crippen LogP contribution >= 0.6 is 0 Å². The number of anilines is 1. The fraction of sp³-hybridized carbons (Fsp3) is 0.100. The van der Waals surface area contributed by atoms with Gasteiger partial charge < -0.3 is 10.3 Å². The Labute approximate surface area is 81.0 Å². The number of alkyl halides is 1. The van der Waals surface area contributed by atoms with Gasteiger partial charge >= 0.3 is 0 Å². The maximum atomic E-state index is 12.4. The molecule has 0 atom stereocenters. The molecule has 4 heteroatoms. The molecule has 0 radical (unpaired) electrons. The van der Waals surface area contributed by atoms with E-state index < -0.39 is 6.67 Å². The summed E-state index contributed by atoms with van der Waals surface area (Å²) in [5.74, 6) is 0.454. The van der Waals surface area contributed by atoms with E-state index in [0.717, 1.165) is 5.69 Å². The summed E-state index contributed by atoms with van der Waals surface area (Å²) in [5.41, 5.74) is 6.99. The second-order valence-electron chi connectivity index (χ2n) is 3.01. The number of benzene rings is 1. The van der Waals surface area contributed by atoms with E-state index in [1.54, 1.807) is 35.3 Å². The number of hydrogen-bond donors (Lipinski definition) is 1. The summed E-state index contributed by atoms with van der Waals surface area (Å²) in [4.78, 5) is 3.90. The molecule has 0 bridgehead atoms.